The molecule has 1 N–H and O–H groups in total. The first-order valence-corrected chi connectivity index (χ1v) is 5.31. The van der Waals surface area contributed by atoms with Crippen molar-refractivity contribution in [3.8, 4) is 0 Å². The van der Waals surface area contributed by atoms with Gasteiger partial charge < -0.3 is 5.11 Å². The molecule has 76 valence electrons. The highest BCUT2D eigenvalue weighted by molar-refractivity contribution is 5.52. The molecule has 14 heavy (non-hydrogen) atoms. The Bertz CT molecular complexity index is 391. The van der Waals surface area contributed by atoms with Crippen molar-refractivity contribution >= 4 is 0 Å². The van der Waals surface area contributed by atoms with Crippen LogP contribution < -0.4 is 0 Å². The van der Waals surface area contributed by atoms with Crippen molar-refractivity contribution in [2.45, 2.75) is 46.6 Å². The Kier molecular flexibility index (Phi) is 2.15. The Morgan fingerprint density at radius 3 is 2.14 bits per heavy atom. The quantitative estimate of drug-likeness (QED) is 0.667. The van der Waals surface area contributed by atoms with Gasteiger partial charge in [-0.15, -0.1) is 0 Å². The summed E-state index contributed by atoms with van der Waals surface area (Å²) in [6.45, 7) is 8.65. The maximum Gasteiger partial charge on any atom is 0.0798 e. The van der Waals surface area contributed by atoms with Gasteiger partial charge >= 0.3 is 0 Å². The highest BCUT2D eigenvalue weighted by atomic mass is 16.3. The Morgan fingerprint density at radius 1 is 0.929 bits per heavy atom. The van der Waals surface area contributed by atoms with E-state index in [0.29, 0.717) is 0 Å². The summed E-state index contributed by atoms with van der Waals surface area (Å²) in [6, 6.07) is 0. The largest absolute Gasteiger partial charge is 0.388 e. The maximum absolute atomic E-state index is 9.90. The first-order valence-electron chi connectivity index (χ1n) is 5.31. The molecular weight excluding hydrogens is 172 g/mol. The molecule has 0 bridgehead atoms. The van der Waals surface area contributed by atoms with Gasteiger partial charge in [-0.3, -0.25) is 0 Å². The van der Waals surface area contributed by atoms with Crippen LogP contribution in [0.15, 0.2) is 0 Å². The molecule has 0 aliphatic heterocycles. The van der Waals surface area contributed by atoms with Crippen molar-refractivity contribution in [1.29, 1.82) is 0 Å². The summed E-state index contributed by atoms with van der Waals surface area (Å²) < 4.78 is 0. The lowest BCUT2D eigenvalue weighted by Gasteiger charge is -2.17. The normalized spacial score (nSPS) is 19.9. The summed E-state index contributed by atoms with van der Waals surface area (Å²) in [5.41, 5.74) is 8.05. The molecule has 1 aromatic carbocycles. The predicted molar refractivity (Wildman–Crippen MR) is 58.7 cm³/mol. The van der Waals surface area contributed by atoms with E-state index in [1.165, 1.54) is 33.4 Å². The topological polar surface area (TPSA) is 20.2 Å². The fourth-order valence-corrected chi connectivity index (χ4v) is 2.62. The van der Waals surface area contributed by atoms with E-state index >= 15 is 0 Å². The van der Waals surface area contributed by atoms with Crippen LogP contribution in [0.2, 0.25) is 0 Å². The standard InChI is InChI=1S/C13H18O/c1-7-8(2)10(4)13-11(9(7)3)5-6-12(13)14/h12,14H,5-6H2,1-4H3. The lowest BCUT2D eigenvalue weighted by molar-refractivity contribution is 0.179. The monoisotopic (exact) mass is 190 g/mol. The van der Waals surface area contributed by atoms with Crippen LogP contribution in [0.4, 0.5) is 0 Å². The summed E-state index contributed by atoms with van der Waals surface area (Å²) in [6.07, 6.45) is 1.73. The van der Waals surface area contributed by atoms with E-state index in [9.17, 15) is 5.11 Å². The number of hydrogen-bond acceptors (Lipinski definition) is 1. The van der Waals surface area contributed by atoms with Gasteiger partial charge in [-0.25, -0.2) is 0 Å². The van der Waals surface area contributed by atoms with Crippen molar-refractivity contribution in [2.24, 2.45) is 0 Å². The minimum Gasteiger partial charge on any atom is -0.388 e. The summed E-state index contributed by atoms with van der Waals surface area (Å²) in [5, 5.41) is 9.90. The maximum atomic E-state index is 9.90. The molecule has 0 aromatic heterocycles. The van der Waals surface area contributed by atoms with Crippen LogP contribution in [0.1, 0.15) is 45.9 Å². The highest BCUT2D eigenvalue weighted by Gasteiger charge is 2.25. The fraction of sp³-hybridized carbons (Fsp3) is 0.538. The fourth-order valence-electron chi connectivity index (χ4n) is 2.62. The minimum atomic E-state index is -0.219. The molecule has 1 unspecified atom stereocenters. The molecule has 0 saturated heterocycles. The third kappa shape index (κ3) is 1.12. The zero-order valence-electron chi connectivity index (χ0n) is 9.44. The van der Waals surface area contributed by atoms with Crippen LogP contribution >= 0.6 is 0 Å². The Balaban J connectivity index is 2.77. The van der Waals surface area contributed by atoms with Gasteiger partial charge in [0.15, 0.2) is 0 Å². The number of hydrogen-bond donors (Lipinski definition) is 1. The Morgan fingerprint density at radius 2 is 1.50 bits per heavy atom. The number of aliphatic hydroxyl groups is 1. The third-order valence-electron chi connectivity index (χ3n) is 3.87. The van der Waals surface area contributed by atoms with Crippen LogP contribution in [-0.4, -0.2) is 5.11 Å². The predicted octanol–water partition coefficient (Wildman–Crippen LogP) is 2.90. The van der Waals surface area contributed by atoms with Gasteiger partial charge in [-0.05, 0) is 73.9 Å². The SMILES string of the molecule is Cc1c(C)c(C)c2c(c1C)CCC2O. The number of fused-ring (bicyclic) bond motifs is 1. The van der Waals surface area contributed by atoms with E-state index in [1.54, 1.807) is 0 Å². The van der Waals surface area contributed by atoms with Crippen molar-refractivity contribution < 1.29 is 5.11 Å². The number of rotatable bonds is 0. The average Bonchev–Trinajstić information content (AvgIpc) is 2.54. The summed E-state index contributed by atoms with van der Waals surface area (Å²) in [4.78, 5) is 0. The van der Waals surface area contributed by atoms with Crippen molar-refractivity contribution in [1.82, 2.24) is 0 Å². The van der Waals surface area contributed by atoms with E-state index < -0.39 is 0 Å². The van der Waals surface area contributed by atoms with Gasteiger partial charge in [0, 0.05) is 0 Å². The lowest BCUT2D eigenvalue weighted by Crippen LogP contribution is -2.02. The second kappa shape index (κ2) is 3.09. The average molecular weight is 190 g/mol. The van der Waals surface area contributed by atoms with Gasteiger partial charge in [0.25, 0.3) is 0 Å². The Labute approximate surface area is 85.8 Å². The first kappa shape index (κ1) is 9.72. The van der Waals surface area contributed by atoms with Crippen molar-refractivity contribution in [2.75, 3.05) is 0 Å². The van der Waals surface area contributed by atoms with Crippen LogP contribution in [0, 0.1) is 27.7 Å². The van der Waals surface area contributed by atoms with Crippen LogP contribution in [0.25, 0.3) is 0 Å². The number of benzene rings is 1. The first-order chi connectivity index (χ1) is 6.54. The molecular formula is C13H18O. The van der Waals surface area contributed by atoms with Crippen molar-refractivity contribution in [3.63, 3.8) is 0 Å². The van der Waals surface area contributed by atoms with Crippen LogP contribution in [0.5, 0.6) is 0 Å². The third-order valence-corrected chi connectivity index (χ3v) is 3.87. The highest BCUT2D eigenvalue weighted by Crippen LogP contribution is 2.38. The molecule has 0 fully saturated rings. The molecule has 2 rings (SSSR count). The Hall–Kier alpha value is -0.820. The minimum absolute atomic E-state index is 0.219. The zero-order chi connectivity index (χ0) is 10.5. The molecule has 1 atom stereocenters. The smallest absolute Gasteiger partial charge is 0.0798 e. The summed E-state index contributed by atoms with van der Waals surface area (Å²) in [7, 11) is 0. The van der Waals surface area contributed by atoms with Gasteiger partial charge in [0.2, 0.25) is 0 Å². The molecule has 1 nitrogen and oxygen atoms in total. The van der Waals surface area contributed by atoms with E-state index in [0.717, 1.165) is 12.8 Å². The van der Waals surface area contributed by atoms with Gasteiger partial charge in [0.1, 0.15) is 0 Å². The van der Waals surface area contributed by atoms with Crippen LogP contribution in [-0.2, 0) is 6.42 Å². The summed E-state index contributed by atoms with van der Waals surface area (Å²) in [5.74, 6) is 0. The molecule has 1 aliphatic rings. The molecule has 0 radical (unpaired) electrons. The zero-order valence-corrected chi connectivity index (χ0v) is 9.44. The second-order valence-corrected chi connectivity index (χ2v) is 4.45. The molecule has 0 amide bonds. The van der Waals surface area contributed by atoms with Crippen molar-refractivity contribution in [3.05, 3.63) is 33.4 Å². The lowest BCUT2D eigenvalue weighted by atomic mass is 9.90. The van der Waals surface area contributed by atoms with Gasteiger partial charge in [0.05, 0.1) is 6.10 Å². The molecule has 0 spiro atoms. The van der Waals surface area contributed by atoms with E-state index in [-0.39, 0.29) is 6.10 Å². The van der Waals surface area contributed by atoms with E-state index in [4.69, 9.17) is 0 Å². The van der Waals surface area contributed by atoms with E-state index in [2.05, 4.69) is 27.7 Å². The molecule has 1 heteroatoms. The second-order valence-electron chi connectivity index (χ2n) is 4.45. The molecule has 1 aliphatic carbocycles. The number of aliphatic hydroxyl groups excluding tert-OH is 1. The molecule has 0 heterocycles. The molecule has 1 aromatic rings. The molecule has 0 saturated carbocycles. The summed E-state index contributed by atoms with van der Waals surface area (Å²) >= 11 is 0. The van der Waals surface area contributed by atoms with Crippen LogP contribution in [0.3, 0.4) is 0 Å². The van der Waals surface area contributed by atoms with Gasteiger partial charge in [-0.2, -0.15) is 0 Å². The van der Waals surface area contributed by atoms with E-state index in [1.807, 2.05) is 0 Å². The van der Waals surface area contributed by atoms with Gasteiger partial charge in [-0.1, -0.05) is 0 Å².